The fraction of sp³-hybridized carbons (Fsp3) is 0.222. The largest absolute Gasteiger partial charge is 0.478 e. The Morgan fingerprint density at radius 2 is 2.31 bits per heavy atom. The molecule has 0 radical (unpaired) electrons. The van der Waals surface area contributed by atoms with E-state index in [0.717, 1.165) is 24.2 Å². The monoisotopic (exact) mass is 181 g/mol. The molecule has 0 bridgehead atoms. The van der Waals surface area contributed by atoms with Crippen molar-refractivity contribution < 1.29 is 14.3 Å². The van der Waals surface area contributed by atoms with Crippen LogP contribution < -0.4 is 5.32 Å². The summed E-state index contributed by atoms with van der Waals surface area (Å²) in [5.41, 5.74) is 1.31. The lowest BCUT2D eigenvalue weighted by molar-refractivity contribution is 0.0692. The van der Waals surface area contributed by atoms with Crippen LogP contribution in [0, 0.1) is 5.82 Å². The quantitative estimate of drug-likeness (QED) is 0.690. The number of aromatic carboxylic acids is 1. The summed E-state index contributed by atoms with van der Waals surface area (Å²) < 4.78 is 13.1. The van der Waals surface area contributed by atoms with Crippen LogP contribution in [0.1, 0.15) is 15.9 Å². The average Bonchev–Trinajstić information content (AvgIpc) is 2.48. The van der Waals surface area contributed by atoms with Crippen LogP contribution in [0.2, 0.25) is 0 Å². The first kappa shape index (κ1) is 8.04. The fourth-order valence-corrected chi connectivity index (χ4v) is 1.48. The van der Waals surface area contributed by atoms with Crippen molar-refractivity contribution in [2.45, 2.75) is 6.42 Å². The summed E-state index contributed by atoms with van der Waals surface area (Å²) in [6.07, 6.45) is 0.756. The van der Waals surface area contributed by atoms with Gasteiger partial charge in [-0.05, 0) is 24.1 Å². The maximum absolute atomic E-state index is 13.1. The van der Waals surface area contributed by atoms with Crippen LogP contribution in [0.25, 0.3) is 0 Å². The summed E-state index contributed by atoms with van der Waals surface area (Å²) in [7, 11) is 0. The molecule has 1 aromatic carbocycles. The Hall–Kier alpha value is -1.58. The molecule has 1 aromatic rings. The minimum atomic E-state index is -1.23. The molecular formula is C9H8FNO2. The van der Waals surface area contributed by atoms with Gasteiger partial charge in [-0.1, -0.05) is 0 Å². The molecule has 4 heteroatoms. The summed E-state index contributed by atoms with van der Waals surface area (Å²) in [5.74, 6) is -1.89. The second-order valence-electron chi connectivity index (χ2n) is 2.97. The van der Waals surface area contributed by atoms with E-state index < -0.39 is 11.8 Å². The number of benzene rings is 1. The highest BCUT2D eigenvalue weighted by Crippen LogP contribution is 2.25. The Balaban J connectivity index is 2.55. The van der Waals surface area contributed by atoms with E-state index >= 15 is 0 Å². The summed E-state index contributed by atoms with van der Waals surface area (Å²) in [4.78, 5) is 10.6. The number of nitrogens with one attached hydrogen (secondary N) is 1. The normalized spacial score (nSPS) is 13.6. The van der Waals surface area contributed by atoms with Crippen LogP contribution in [-0.2, 0) is 6.42 Å². The topological polar surface area (TPSA) is 49.3 Å². The van der Waals surface area contributed by atoms with E-state index in [9.17, 15) is 9.18 Å². The van der Waals surface area contributed by atoms with Gasteiger partial charge in [-0.25, -0.2) is 9.18 Å². The van der Waals surface area contributed by atoms with Crippen molar-refractivity contribution in [1.29, 1.82) is 0 Å². The number of carboxylic acids is 1. The number of hydrogen-bond acceptors (Lipinski definition) is 2. The SMILES string of the molecule is O=C(O)c1cc2c(cc1F)CCN2. The van der Waals surface area contributed by atoms with Gasteiger partial charge < -0.3 is 10.4 Å². The molecule has 68 valence electrons. The van der Waals surface area contributed by atoms with Crippen LogP contribution in [0.4, 0.5) is 10.1 Å². The number of halogens is 1. The lowest BCUT2D eigenvalue weighted by atomic mass is 10.1. The van der Waals surface area contributed by atoms with Crippen molar-refractivity contribution >= 4 is 11.7 Å². The number of hydrogen-bond donors (Lipinski definition) is 2. The molecule has 2 N–H and O–H groups in total. The van der Waals surface area contributed by atoms with E-state index in [1.165, 1.54) is 12.1 Å². The van der Waals surface area contributed by atoms with E-state index in [2.05, 4.69) is 5.32 Å². The van der Waals surface area contributed by atoms with Gasteiger partial charge in [0.2, 0.25) is 0 Å². The van der Waals surface area contributed by atoms with Crippen molar-refractivity contribution in [3.05, 3.63) is 29.1 Å². The van der Waals surface area contributed by atoms with Crippen molar-refractivity contribution in [2.75, 3.05) is 11.9 Å². The van der Waals surface area contributed by atoms with Gasteiger partial charge in [0.15, 0.2) is 0 Å². The molecule has 3 nitrogen and oxygen atoms in total. The molecule has 1 heterocycles. The van der Waals surface area contributed by atoms with Crippen molar-refractivity contribution in [1.82, 2.24) is 0 Å². The zero-order chi connectivity index (χ0) is 9.42. The predicted octanol–water partition coefficient (Wildman–Crippen LogP) is 1.49. The molecule has 0 spiro atoms. The van der Waals surface area contributed by atoms with Crippen LogP contribution in [0.15, 0.2) is 12.1 Å². The molecule has 0 aromatic heterocycles. The molecule has 1 aliphatic heterocycles. The highest BCUT2D eigenvalue weighted by atomic mass is 19.1. The number of fused-ring (bicyclic) bond motifs is 1. The smallest absolute Gasteiger partial charge is 0.338 e. The Labute approximate surface area is 74.2 Å². The van der Waals surface area contributed by atoms with Crippen LogP contribution in [0.5, 0.6) is 0 Å². The summed E-state index contributed by atoms with van der Waals surface area (Å²) in [6.45, 7) is 0.748. The molecule has 0 fully saturated rings. The van der Waals surface area contributed by atoms with Gasteiger partial charge in [0, 0.05) is 12.2 Å². The lowest BCUT2D eigenvalue weighted by Crippen LogP contribution is -2.01. The first-order valence-electron chi connectivity index (χ1n) is 3.98. The minimum Gasteiger partial charge on any atom is -0.478 e. The molecule has 1 aliphatic rings. The molecule has 0 aliphatic carbocycles. The maximum atomic E-state index is 13.1. The molecule has 0 amide bonds. The van der Waals surface area contributed by atoms with Crippen molar-refractivity contribution in [3.63, 3.8) is 0 Å². The highest BCUT2D eigenvalue weighted by Gasteiger charge is 2.17. The second-order valence-corrected chi connectivity index (χ2v) is 2.97. The summed E-state index contributed by atoms with van der Waals surface area (Å²) >= 11 is 0. The van der Waals surface area contributed by atoms with Gasteiger partial charge in [-0.2, -0.15) is 0 Å². The third-order valence-corrected chi connectivity index (χ3v) is 2.13. The maximum Gasteiger partial charge on any atom is 0.338 e. The molecular weight excluding hydrogens is 173 g/mol. The van der Waals surface area contributed by atoms with Crippen LogP contribution in [-0.4, -0.2) is 17.6 Å². The molecule has 0 atom stereocenters. The Morgan fingerprint density at radius 3 is 3.00 bits per heavy atom. The number of rotatable bonds is 1. The zero-order valence-electron chi connectivity index (χ0n) is 6.80. The standard InChI is InChI=1S/C9H8FNO2/c10-7-3-5-1-2-11-8(5)4-6(7)9(12)13/h3-4,11H,1-2H2,(H,12,13). The van der Waals surface area contributed by atoms with Gasteiger partial charge in [0.25, 0.3) is 0 Å². The Morgan fingerprint density at radius 1 is 1.54 bits per heavy atom. The number of carbonyl (C=O) groups is 1. The first-order chi connectivity index (χ1) is 6.18. The van der Waals surface area contributed by atoms with Gasteiger partial charge in [0.05, 0.1) is 5.56 Å². The minimum absolute atomic E-state index is 0.270. The zero-order valence-corrected chi connectivity index (χ0v) is 6.80. The molecule has 0 saturated carbocycles. The van der Waals surface area contributed by atoms with E-state index in [0.29, 0.717) is 0 Å². The summed E-state index contributed by atoms with van der Waals surface area (Å²) in [6, 6.07) is 2.64. The van der Waals surface area contributed by atoms with Crippen LogP contribution in [0.3, 0.4) is 0 Å². The average molecular weight is 181 g/mol. The van der Waals surface area contributed by atoms with Crippen molar-refractivity contribution in [3.8, 4) is 0 Å². The van der Waals surface area contributed by atoms with Crippen molar-refractivity contribution in [2.24, 2.45) is 0 Å². The van der Waals surface area contributed by atoms with Crippen LogP contribution >= 0.6 is 0 Å². The van der Waals surface area contributed by atoms with Gasteiger partial charge in [-0.15, -0.1) is 0 Å². The van der Waals surface area contributed by atoms with Gasteiger partial charge >= 0.3 is 5.97 Å². The third-order valence-electron chi connectivity index (χ3n) is 2.13. The molecule has 2 rings (SSSR count). The van der Waals surface area contributed by atoms with Gasteiger partial charge in [0.1, 0.15) is 5.82 Å². The lowest BCUT2D eigenvalue weighted by Gasteiger charge is -2.02. The number of anilines is 1. The van der Waals surface area contributed by atoms with E-state index in [1.807, 2.05) is 0 Å². The van der Waals surface area contributed by atoms with E-state index in [4.69, 9.17) is 5.11 Å². The summed E-state index contributed by atoms with van der Waals surface area (Å²) in [5, 5.41) is 11.6. The van der Waals surface area contributed by atoms with E-state index in [1.54, 1.807) is 0 Å². The molecule has 0 unspecified atom stereocenters. The first-order valence-corrected chi connectivity index (χ1v) is 3.98. The third kappa shape index (κ3) is 1.24. The molecule has 13 heavy (non-hydrogen) atoms. The Kier molecular flexibility index (Phi) is 1.69. The fourth-order valence-electron chi connectivity index (χ4n) is 1.48. The molecule has 0 saturated heterocycles. The second kappa shape index (κ2) is 2.73. The Bertz CT molecular complexity index is 376. The van der Waals surface area contributed by atoms with Gasteiger partial charge in [-0.3, -0.25) is 0 Å². The van der Waals surface area contributed by atoms with E-state index in [-0.39, 0.29) is 5.56 Å². The highest BCUT2D eigenvalue weighted by molar-refractivity contribution is 5.89. The predicted molar refractivity (Wildman–Crippen MR) is 45.6 cm³/mol. The number of carboxylic acid groups (broad SMARTS) is 1.